The smallest absolute Gasteiger partial charge is 0.143 e. The van der Waals surface area contributed by atoms with Gasteiger partial charge in [-0.15, -0.1) is 0 Å². The van der Waals surface area contributed by atoms with Crippen molar-refractivity contribution in [2.24, 2.45) is 0 Å². The van der Waals surface area contributed by atoms with E-state index in [0.29, 0.717) is 15.9 Å². The first kappa shape index (κ1) is 8.33. The zero-order valence-electron chi connectivity index (χ0n) is 5.90. The summed E-state index contributed by atoms with van der Waals surface area (Å²) < 4.78 is 18.0. The predicted molar refractivity (Wildman–Crippen MR) is 45.1 cm³/mol. The average molecular weight is 220 g/mol. The van der Waals surface area contributed by atoms with Crippen LogP contribution < -0.4 is 10.5 Å². The fourth-order valence-electron chi connectivity index (χ4n) is 0.732. The molecule has 2 N–H and O–H groups in total. The molecule has 0 aliphatic rings. The zero-order chi connectivity index (χ0) is 8.43. The van der Waals surface area contributed by atoms with E-state index in [-0.39, 0.29) is 0 Å². The van der Waals surface area contributed by atoms with Crippen molar-refractivity contribution in [3.63, 3.8) is 0 Å². The molecule has 1 aromatic rings. The summed E-state index contributed by atoms with van der Waals surface area (Å²) in [6.07, 6.45) is 0. The fourth-order valence-corrected chi connectivity index (χ4v) is 1.12. The van der Waals surface area contributed by atoms with Crippen molar-refractivity contribution in [1.29, 1.82) is 0 Å². The Bertz CT molecular complexity index is 277. The van der Waals surface area contributed by atoms with Gasteiger partial charge in [0.1, 0.15) is 11.6 Å². The second kappa shape index (κ2) is 3.09. The van der Waals surface area contributed by atoms with Crippen molar-refractivity contribution >= 4 is 21.6 Å². The molecule has 4 heteroatoms. The fraction of sp³-hybridized carbons (Fsp3) is 0.143. The lowest BCUT2D eigenvalue weighted by Gasteiger charge is -2.04. The van der Waals surface area contributed by atoms with Crippen molar-refractivity contribution in [1.82, 2.24) is 0 Å². The van der Waals surface area contributed by atoms with Crippen LogP contribution >= 0.6 is 15.9 Å². The van der Waals surface area contributed by atoms with Crippen molar-refractivity contribution in [2.75, 3.05) is 12.8 Å². The Morgan fingerprint density at radius 3 is 2.73 bits per heavy atom. The molecule has 11 heavy (non-hydrogen) atoms. The van der Waals surface area contributed by atoms with E-state index in [1.54, 1.807) is 6.07 Å². The summed E-state index contributed by atoms with van der Waals surface area (Å²) in [6, 6.07) is 2.78. The molecule has 0 aromatic heterocycles. The standard InChI is InChI=1S/C7H7BrFNO/c1-11-6-3-4(10)2-5(9)7(6)8/h2-3H,10H2,1H3. The highest BCUT2D eigenvalue weighted by Crippen LogP contribution is 2.29. The highest BCUT2D eigenvalue weighted by molar-refractivity contribution is 9.10. The van der Waals surface area contributed by atoms with Crippen LogP contribution in [0, 0.1) is 5.82 Å². The van der Waals surface area contributed by atoms with Gasteiger partial charge in [0.15, 0.2) is 0 Å². The van der Waals surface area contributed by atoms with Gasteiger partial charge in [-0.25, -0.2) is 4.39 Å². The van der Waals surface area contributed by atoms with E-state index in [1.165, 1.54) is 13.2 Å². The Morgan fingerprint density at radius 2 is 2.18 bits per heavy atom. The van der Waals surface area contributed by atoms with Crippen LogP contribution in [0.5, 0.6) is 5.75 Å². The van der Waals surface area contributed by atoms with Gasteiger partial charge in [0.2, 0.25) is 0 Å². The van der Waals surface area contributed by atoms with Crippen LogP contribution in [0.15, 0.2) is 16.6 Å². The topological polar surface area (TPSA) is 35.2 Å². The molecule has 2 nitrogen and oxygen atoms in total. The Morgan fingerprint density at radius 1 is 1.55 bits per heavy atom. The zero-order valence-corrected chi connectivity index (χ0v) is 7.48. The van der Waals surface area contributed by atoms with Crippen LogP contribution in [0.1, 0.15) is 0 Å². The van der Waals surface area contributed by atoms with Gasteiger partial charge >= 0.3 is 0 Å². The quantitative estimate of drug-likeness (QED) is 0.736. The number of rotatable bonds is 1. The largest absolute Gasteiger partial charge is 0.495 e. The minimum atomic E-state index is -0.415. The average Bonchev–Trinajstić information content (AvgIpc) is 1.96. The third-order valence-corrected chi connectivity index (χ3v) is 2.01. The van der Waals surface area contributed by atoms with Gasteiger partial charge in [-0.2, -0.15) is 0 Å². The molecule has 0 spiro atoms. The molecule has 0 saturated heterocycles. The van der Waals surface area contributed by atoms with Gasteiger partial charge < -0.3 is 10.5 Å². The van der Waals surface area contributed by atoms with Crippen molar-refractivity contribution in [3.05, 3.63) is 22.4 Å². The molecule has 0 radical (unpaired) electrons. The van der Waals surface area contributed by atoms with E-state index in [9.17, 15) is 4.39 Å². The molecule has 1 aromatic carbocycles. The maximum Gasteiger partial charge on any atom is 0.143 e. The lowest BCUT2D eigenvalue weighted by molar-refractivity contribution is 0.408. The number of hydrogen-bond donors (Lipinski definition) is 1. The maximum atomic E-state index is 12.8. The number of benzene rings is 1. The number of methoxy groups -OCH3 is 1. The van der Waals surface area contributed by atoms with E-state index in [1.807, 2.05) is 0 Å². The molecule has 0 heterocycles. The molecule has 0 fully saturated rings. The number of hydrogen-bond acceptors (Lipinski definition) is 2. The minimum Gasteiger partial charge on any atom is -0.495 e. The first-order chi connectivity index (χ1) is 5.15. The number of nitrogens with two attached hydrogens (primary N) is 1. The van der Waals surface area contributed by atoms with Crippen LogP contribution in [0.4, 0.5) is 10.1 Å². The first-order valence-corrected chi connectivity index (χ1v) is 3.73. The summed E-state index contributed by atoms with van der Waals surface area (Å²) in [6.45, 7) is 0. The Labute approximate surface area is 72.3 Å². The second-order valence-corrected chi connectivity index (χ2v) is 2.81. The molecule has 60 valence electrons. The predicted octanol–water partition coefficient (Wildman–Crippen LogP) is 2.18. The van der Waals surface area contributed by atoms with Crippen LogP contribution in [0.2, 0.25) is 0 Å². The Kier molecular flexibility index (Phi) is 2.34. The lowest BCUT2D eigenvalue weighted by atomic mass is 10.3. The van der Waals surface area contributed by atoms with Crippen molar-refractivity contribution in [3.8, 4) is 5.75 Å². The molecular formula is C7H7BrFNO. The summed E-state index contributed by atoms with van der Waals surface area (Å²) in [5.74, 6) is -0.00986. The molecule has 1 rings (SSSR count). The highest BCUT2D eigenvalue weighted by Gasteiger charge is 2.06. The number of halogens is 2. The Hall–Kier alpha value is -0.770. The van der Waals surface area contributed by atoms with Gasteiger partial charge in [-0.1, -0.05) is 0 Å². The van der Waals surface area contributed by atoms with Crippen LogP contribution in [0.25, 0.3) is 0 Å². The third kappa shape index (κ3) is 1.63. The summed E-state index contributed by atoms with van der Waals surface area (Å²) >= 11 is 3.02. The van der Waals surface area contributed by atoms with E-state index in [4.69, 9.17) is 10.5 Å². The van der Waals surface area contributed by atoms with Crippen molar-refractivity contribution in [2.45, 2.75) is 0 Å². The molecule has 0 aliphatic carbocycles. The highest BCUT2D eigenvalue weighted by atomic mass is 79.9. The number of anilines is 1. The normalized spacial score (nSPS) is 9.73. The summed E-state index contributed by atoms with van der Waals surface area (Å²) in [4.78, 5) is 0. The maximum absolute atomic E-state index is 12.8. The first-order valence-electron chi connectivity index (χ1n) is 2.93. The van der Waals surface area contributed by atoms with E-state index in [0.717, 1.165) is 0 Å². The third-order valence-electron chi connectivity index (χ3n) is 1.24. The molecule has 0 atom stereocenters. The van der Waals surface area contributed by atoms with Gasteiger partial charge in [0, 0.05) is 11.8 Å². The lowest BCUT2D eigenvalue weighted by Crippen LogP contribution is -1.91. The van der Waals surface area contributed by atoms with Crippen LogP contribution in [-0.4, -0.2) is 7.11 Å². The van der Waals surface area contributed by atoms with Gasteiger partial charge in [0.25, 0.3) is 0 Å². The second-order valence-electron chi connectivity index (χ2n) is 2.02. The molecule has 0 bridgehead atoms. The SMILES string of the molecule is COc1cc(N)cc(F)c1Br. The monoisotopic (exact) mass is 219 g/mol. The number of nitrogen functional groups attached to an aromatic ring is 1. The van der Waals surface area contributed by atoms with Crippen molar-refractivity contribution < 1.29 is 9.13 Å². The molecular weight excluding hydrogens is 213 g/mol. The molecule has 0 saturated carbocycles. The van der Waals surface area contributed by atoms with E-state index in [2.05, 4.69) is 15.9 Å². The van der Waals surface area contributed by atoms with E-state index < -0.39 is 5.82 Å². The van der Waals surface area contributed by atoms with Gasteiger partial charge in [-0.05, 0) is 22.0 Å². The molecule has 0 aliphatic heterocycles. The van der Waals surface area contributed by atoms with Gasteiger partial charge in [-0.3, -0.25) is 0 Å². The minimum absolute atomic E-state index is 0.300. The summed E-state index contributed by atoms with van der Waals surface area (Å²) in [5.41, 5.74) is 5.71. The Balaban J connectivity index is 3.24. The van der Waals surface area contributed by atoms with Crippen LogP contribution in [0.3, 0.4) is 0 Å². The summed E-state index contributed by atoms with van der Waals surface area (Å²) in [7, 11) is 1.46. The summed E-state index contributed by atoms with van der Waals surface area (Å²) in [5, 5.41) is 0. The molecule has 0 amide bonds. The number of ether oxygens (including phenoxy) is 1. The van der Waals surface area contributed by atoms with Gasteiger partial charge in [0.05, 0.1) is 11.6 Å². The van der Waals surface area contributed by atoms with Crippen LogP contribution in [-0.2, 0) is 0 Å². The van der Waals surface area contributed by atoms with E-state index >= 15 is 0 Å². The molecule has 0 unspecified atom stereocenters.